The first kappa shape index (κ1) is 17.9. The Bertz CT molecular complexity index is 548. The van der Waals surface area contributed by atoms with Crippen LogP contribution in [0.3, 0.4) is 0 Å². The molecule has 22 heavy (non-hydrogen) atoms. The van der Waals surface area contributed by atoms with Gasteiger partial charge < -0.3 is 15.2 Å². The van der Waals surface area contributed by atoms with Crippen molar-refractivity contribution in [2.75, 3.05) is 12.4 Å². The number of carbonyl (C=O) groups is 2. The quantitative estimate of drug-likeness (QED) is 0.810. The zero-order valence-corrected chi connectivity index (χ0v) is 12.7. The molecular formula is C15H19F2NO4. The van der Waals surface area contributed by atoms with Crippen molar-refractivity contribution in [1.29, 1.82) is 0 Å². The van der Waals surface area contributed by atoms with Gasteiger partial charge in [0.05, 0.1) is 12.5 Å². The SMILES string of the molecule is CCC(CC)(CC(=O)Nc1cc(F)c(OC)c(F)c1)C(=O)O. The van der Waals surface area contributed by atoms with Gasteiger partial charge in [0.15, 0.2) is 17.4 Å². The number of rotatable bonds is 7. The van der Waals surface area contributed by atoms with Gasteiger partial charge >= 0.3 is 5.97 Å². The maximum absolute atomic E-state index is 13.5. The van der Waals surface area contributed by atoms with Crippen molar-refractivity contribution in [2.24, 2.45) is 5.41 Å². The molecule has 0 aliphatic carbocycles. The van der Waals surface area contributed by atoms with Gasteiger partial charge in [-0.1, -0.05) is 13.8 Å². The van der Waals surface area contributed by atoms with Gasteiger partial charge in [-0.3, -0.25) is 9.59 Å². The summed E-state index contributed by atoms with van der Waals surface area (Å²) >= 11 is 0. The standard InChI is InChI=1S/C15H19F2NO4/c1-4-15(5-2,14(20)21)8-12(19)18-9-6-10(16)13(22-3)11(17)7-9/h6-7H,4-5,8H2,1-3H3,(H,18,19)(H,20,21). The first-order valence-electron chi connectivity index (χ1n) is 6.86. The zero-order chi connectivity index (χ0) is 16.9. The number of hydrogen-bond acceptors (Lipinski definition) is 3. The number of amides is 1. The number of carbonyl (C=O) groups excluding carboxylic acids is 1. The molecule has 0 unspecified atom stereocenters. The number of ether oxygens (including phenoxy) is 1. The Morgan fingerprint density at radius 3 is 2.09 bits per heavy atom. The lowest BCUT2D eigenvalue weighted by Gasteiger charge is -2.25. The zero-order valence-electron chi connectivity index (χ0n) is 12.7. The van der Waals surface area contributed by atoms with Crippen LogP contribution in [0.1, 0.15) is 33.1 Å². The Hall–Kier alpha value is -2.18. The molecule has 0 radical (unpaired) electrons. The highest BCUT2D eigenvalue weighted by atomic mass is 19.1. The minimum absolute atomic E-state index is 0.0905. The summed E-state index contributed by atoms with van der Waals surface area (Å²) in [5.41, 5.74) is -1.28. The number of nitrogens with one attached hydrogen (secondary N) is 1. The first-order valence-corrected chi connectivity index (χ1v) is 6.86. The third-order valence-corrected chi connectivity index (χ3v) is 3.79. The van der Waals surface area contributed by atoms with Gasteiger partial charge in [0.2, 0.25) is 5.91 Å². The summed E-state index contributed by atoms with van der Waals surface area (Å²) in [6, 6.07) is 1.83. The highest BCUT2D eigenvalue weighted by Crippen LogP contribution is 2.32. The van der Waals surface area contributed by atoms with Crippen LogP contribution in [-0.2, 0) is 9.59 Å². The van der Waals surface area contributed by atoms with Gasteiger partial charge in [0, 0.05) is 24.2 Å². The number of benzene rings is 1. The van der Waals surface area contributed by atoms with E-state index in [1.165, 1.54) is 0 Å². The molecule has 0 bridgehead atoms. The number of carboxylic acid groups (broad SMARTS) is 1. The number of aliphatic carboxylic acids is 1. The van der Waals surface area contributed by atoms with Gasteiger partial charge in [-0.25, -0.2) is 8.78 Å². The molecule has 0 saturated heterocycles. The van der Waals surface area contributed by atoms with Gasteiger partial charge in [0.1, 0.15) is 0 Å². The molecule has 0 atom stereocenters. The second kappa shape index (κ2) is 7.20. The van der Waals surface area contributed by atoms with Gasteiger partial charge in [-0.05, 0) is 12.8 Å². The van der Waals surface area contributed by atoms with E-state index in [1.54, 1.807) is 13.8 Å². The van der Waals surface area contributed by atoms with E-state index in [9.17, 15) is 23.5 Å². The normalized spacial score (nSPS) is 11.1. The van der Waals surface area contributed by atoms with E-state index >= 15 is 0 Å². The molecule has 1 rings (SSSR count). The highest BCUT2D eigenvalue weighted by Gasteiger charge is 2.37. The molecule has 2 N–H and O–H groups in total. The summed E-state index contributed by atoms with van der Waals surface area (Å²) in [4.78, 5) is 23.3. The lowest BCUT2D eigenvalue weighted by atomic mass is 9.79. The molecule has 0 fully saturated rings. The van der Waals surface area contributed by atoms with Crippen LogP contribution in [-0.4, -0.2) is 24.1 Å². The van der Waals surface area contributed by atoms with Gasteiger partial charge in [-0.15, -0.1) is 0 Å². The summed E-state index contributed by atoms with van der Waals surface area (Å²) in [7, 11) is 1.13. The number of halogens is 2. The number of anilines is 1. The molecule has 0 spiro atoms. The number of carboxylic acids is 1. The van der Waals surface area contributed by atoms with E-state index in [4.69, 9.17) is 0 Å². The van der Waals surface area contributed by atoms with Gasteiger partial charge in [-0.2, -0.15) is 0 Å². The molecule has 0 aromatic heterocycles. The molecule has 5 nitrogen and oxygen atoms in total. The largest absolute Gasteiger partial charge is 0.491 e. The molecule has 1 amide bonds. The molecule has 7 heteroatoms. The molecule has 0 aliphatic heterocycles. The predicted octanol–water partition coefficient (Wildman–Crippen LogP) is 3.19. The topological polar surface area (TPSA) is 75.6 Å². The van der Waals surface area contributed by atoms with Crippen molar-refractivity contribution in [3.8, 4) is 5.75 Å². The maximum Gasteiger partial charge on any atom is 0.310 e. The van der Waals surface area contributed by atoms with Crippen molar-refractivity contribution < 1.29 is 28.2 Å². The maximum atomic E-state index is 13.5. The molecule has 1 aromatic carbocycles. The Morgan fingerprint density at radius 1 is 1.23 bits per heavy atom. The van der Waals surface area contributed by atoms with Crippen LogP contribution in [0.15, 0.2) is 12.1 Å². The predicted molar refractivity (Wildman–Crippen MR) is 76.8 cm³/mol. The molecule has 0 heterocycles. The number of hydrogen-bond donors (Lipinski definition) is 2. The minimum Gasteiger partial charge on any atom is -0.491 e. The summed E-state index contributed by atoms with van der Waals surface area (Å²) in [6.07, 6.45) is 0.278. The van der Waals surface area contributed by atoms with E-state index in [0.29, 0.717) is 0 Å². The fourth-order valence-corrected chi connectivity index (χ4v) is 2.22. The molecule has 0 saturated carbocycles. The van der Waals surface area contributed by atoms with Crippen molar-refractivity contribution in [3.63, 3.8) is 0 Å². The van der Waals surface area contributed by atoms with Crippen molar-refractivity contribution in [2.45, 2.75) is 33.1 Å². The summed E-state index contributed by atoms with van der Waals surface area (Å²) in [5.74, 6) is -4.13. The van der Waals surface area contributed by atoms with E-state index < -0.39 is 34.7 Å². The third kappa shape index (κ3) is 3.72. The van der Waals surface area contributed by atoms with Crippen LogP contribution in [0.5, 0.6) is 5.75 Å². The fraction of sp³-hybridized carbons (Fsp3) is 0.467. The Kier molecular flexibility index (Phi) is 5.84. The monoisotopic (exact) mass is 315 g/mol. The van der Waals surface area contributed by atoms with Crippen LogP contribution in [0, 0.1) is 17.0 Å². The molecular weight excluding hydrogens is 296 g/mol. The van der Waals surface area contributed by atoms with E-state index in [1.807, 2.05) is 0 Å². The van der Waals surface area contributed by atoms with Crippen LogP contribution in [0.25, 0.3) is 0 Å². The van der Waals surface area contributed by atoms with Crippen molar-refractivity contribution in [1.82, 2.24) is 0 Å². The third-order valence-electron chi connectivity index (χ3n) is 3.79. The van der Waals surface area contributed by atoms with Crippen molar-refractivity contribution >= 4 is 17.6 Å². The second-order valence-corrected chi connectivity index (χ2v) is 4.99. The average molecular weight is 315 g/mol. The summed E-state index contributed by atoms with van der Waals surface area (Å²) < 4.78 is 31.6. The van der Waals surface area contributed by atoms with E-state index in [0.717, 1.165) is 19.2 Å². The molecule has 0 aliphatic rings. The van der Waals surface area contributed by atoms with Crippen LogP contribution in [0.4, 0.5) is 14.5 Å². The van der Waals surface area contributed by atoms with Crippen LogP contribution in [0.2, 0.25) is 0 Å². The Balaban J connectivity index is 2.92. The highest BCUT2D eigenvalue weighted by molar-refractivity contribution is 5.94. The second-order valence-electron chi connectivity index (χ2n) is 4.99. The Morgan fingerprint density at radius 2 is 1.73 bits per heavy atom. The molecule has 122 valence electrons. The average Bonchev–Trinajstić information content (AvgIpc) is 2.44. The molecule has 1 aromatic rings. The van der Waals surface area contributed by atoms with Gasteiger partial charge in [0.25, 0.3) is 0 Å². The first-order chi connectivity index (χ1) is 10.3. The van der Waals surface area contributed by atoms with E-state index in [2.05, 4.69) is 10.1 Å². The smallest absolute Gasteiger partial charge is 0.310 e. The van der Waals surface area contributed by atoms with Crippen LogP contribution >= 0.6 is 0 Å². The lowest BCUT2D eigenvalue weighted by Crippen LogP contribution is -2.34. The summed E-state index contributed by atoms with van der Waals surface area (Å²) in [5, 5.41) is 11.6. The lowest BCUT2D eigenvalue weighted by molar-refractivity contribution is -0.151. The minimum atomic E-state index is -1.19. The van der Waals surface area contributed by atoms with E-state index in [-0.39, 0.29) is 24.9 Å². The fourth-order valence-electron chi connectivity index (χ4n) is 2.22. The van der Waals surface area contributed by atoms with Crippen LogP contribution < -0.4 is 10.1 Å². The summed E-state index contributed by atoms with van der Waals surface area (Å²) in [6.45, 7) is 3.36. The number of methoxy groups -OCH3 is 1. The Labute approximate surface area is 127 Å². The van der Waals surface area contributed by atoms with Crippen molar-refractivity contribution in [3.05, 3.63) is 23.8 Å².